The number of benzene rings is 2. The number of anilines is 1. The summed E-state index contributed by atoms with van der Waals surface area (Å²) < 4.78 is 43.9. The number of sulfonamides is 1. The normalized spacial score (nSPS) is 14.3. The van der Waals surface area contributed by atoms with E-state index in [-0.39, 0.29) is 49.0 Å². The molecule has 1 heterocycles. The first kappa shape index (κ1) is 25.5. The van der Waals surface area contributed by atoms with Crippen LogP contribution in [0.4, 0.5) is 5.69 Å². The highest BCUT2D eigenvalue weighted by molar-refractivity contribution is 7.89. The van der Waals surface area contributed by atoms with Gasteiger partial charge in [0.1, 0.15) is 16.4 Å². The molecule has 2 aromatic carbocycles. The number of carbonyl (C=O) groups is 1. The average molecular weight is 488 g/mol. The summed E-state index contributed by atoms with van der Waals surface area (Å²) in [6, 6.07) is 13.9. The smallest absolute Gasteiger partial charge is 0.246 e. The largest absolute Gasteiger partial charge is 0.495 e. The van der Waals surface area contributed by atoms with Crippen LogP contribution in [0.2, 0.25) is 0 Å². The Labute approximate surface area is 200 Å². The number of nitrogens with zero attached hydrogens (tertiary/aromatic N) is 3. The molecule has 10 heteroatoms. The van der Waals surface area contributed by atoms with Gasteiger partial charge in [0.15, 0.2) is 0 Å². The second kappa shape index (κ2) is 11.8. The van der Waals surface area contributed by atoms with Gasteiger partial charge in [-0.1, -0.05) is 6.07 Å². The molecule has 9 nitrogen and oxygen atoms in total. The van der Waals surface area contributed by atoms with E-state index in [4.69, 9.17) is 19.5 Å². The van der Waals surface area contributed by atoms with Gasteiger partial charge in [-0.2, -0.15) is 9.57 Å². The maximum atomic E-state index is 13.2. The number of hydrogen-bond donors (Lipinski definition) is 0. The van der Waals surface area contributed by atoms with Gasteiger partial charge in [0.25, 0.3) is 0 Å². The first-order chi connectivity index (χ1) is 16.4. The van der Waals surface area contributed by atoms with Gasteiger partial charge in [-0.15, -0.1) is 0 Å². The molecule has 1 amide bonds. The molecule has 0 radical (unpaired) electrons. The van der Waals surface area contributed by atoms with Crippen LogP contribution in [0.25, 0.3) is 0 Å². The van der Waals surface area contributed by atoms with Crippen molar-refractivity contribution in [1.82, 2.24) is 4.31 Å². The maximum absolute atomic E-state index is 13.2. The van der Waals surface area contributed by atoms with Gasteiger partial charge in [-0.3, -0.25) is 4.79 Å². The third kappa shape index (κ3) is 6.05. The fourth-order valence-corrected chi connectivity index (χ4v) is 5.29. The Morgan fingerprint density at radius 2 is 1.88 bits per heavy atom. The van der Waals surface area contributed by atoms with Crippen LogP contribution in [0, 0.1) is 11.3 Å². The molecule has 2 aromatic rings. The van der Waals surface area contributed by atoms with Crippen LogP contribution in [0.15, 0.2) is 47.4 Å². The number of rotatable bonds is 10. The van der Waals surface area contributed by atoms with Gasteiger partial charge in [0.05, 0.1) is 45.8 Å². The number of carbonyl (C=O) groups excluding carboxylic acids is 1. The number of ether oxygens (including phenoxy) is 3. The number of amides is 1. The fourth-order valence-electron chi connectivity index (χ4n) is 3.68. The fraction of sp³-hybridized carbons (Fsp3) is 0.417. The molecule has 1 saturated heterocycles. The summed E-state index contributed by atoms with van der Waals surface area (Å²) in [5.74, 6) is 0.655. The molecule has 0 saturated carbocycles. The van der Waals surface area contributed by atoms with Crippen molar-refractivity contribution in [3.63, 3.8) is 0 Å². The average Bonchev–Trinajstić information content (AvgIpc) is 2.86. The third-order valence-electron chi connectivity index (χ3n) is 5.38. The minimum Gasteiger partial charge on any atom is -0.495 e. The molecular formula is C24H29N3O6S. The molecule has 34 heavy (non-hydrogen) atoms. The lowest BCUT2D eigenvalue weighted by atomic mass is 10.1. The van der Waals surface area contributed by atoms with Gasteiger partial charge in [0, 0.05) is 25.3 Å². The summed E-state index contributed by atoms with van der Waals surface area (Å²) >= 11 is 0. The number of hydrogen-bond acceptors (Lipinski definition) is 7. The summed E-state index contributed by atoms with van der Waals surface area (Å²) in [5.41, 5.74) is 1.17. The van der Waals surface area contributed by atoms with Crippen molar-refractivity contribution in [3.8, 4) is 17.6 Å². The molecule has 0 unspecified atom stereocenters. The van der Waals surface area contributed by atoms with Crippen LogP contribution in [0.3, 0.4) is 0 Å². The van der Waals surface area contributed by atoms with Crippen LogP contribution in [0.1, 0.15) is 18.9 Å². The van der Waals surface area contributed by atoms with Gasteiger partial charge in [-0.25, -0.2) is 8.42 Å². The summed E-state index contributed by atoms with van der Waals surface area (Å²) in [7, 11) is -2.40. The molecule has 182 valence electrons. The molecule has 0 N–H and O–H groups in total. The Morgan fingerprint density at radius 3 is 2.50 bits per heavy atom. The first-order valence-corrected chi connectivity index (χ1v) is 12.5. The van der Waals surface area contributed by atoms with Gasteiger partial charge in [-0.05, 0) is 48.9 Å². The monoisotopic (exact) mass is 487 g/mol. The highest BCUT2D eigenvalue weighted by Gasteiger charge is 2.30. The predicted molar refractivity (Wildman–Crippen MR) is 126 cm³/mol. The predicted octanol–water partition coefficient (Wildman–Crippen LogP) is 2.60. The van der Waals surface area contributed by atoms with E-state index in [1.807, 2.05) is 6.92 Å². The van der Waals surface area contributed by atoms with E-state index in [0.29, 0.717) is 36.8 Å². The van der Waals surface area contributed by atoms with Gasteiger partial charge in [0.2, 0.25) is 15.9 Å². The summed E-state index contributed by atoms with van der Waals surface area (Å²) in [6.45, 7) is 3.81. The van der Waals surface area contributed by atoms with E-state index in [1.165, 1.54) is 22.4 Å². The standard InChI is InChI=1S/C24H29N3O6S/c1-3-33-21-8-6-20(7-9-21)27(12-4-11-25)24(28)18-19-5-10-22(31-2)23(17-19)34(29,30)26-13-15-32-16-14-26/h5-10,17H,3-4,12-16,18H2,1-2H3. The zero-order chi connectivity index (χ0) is 24.6. The third-order valence-corrected chi connectivity index (χ3v) is 7.30. The molecule has 0 atom stereocenters. The molecule has 0 bridgehead atoms. The van der Waals surface area contributed by atoms with Gasteiger partial charge < -0.3 is 19.1 Å². The second-order valence-electron chi connectivity index (χ2n) is 7.56. The van der Waals surface area contributed by atoms with Crippen molar-refractivity contribution >= 4 is 21.6 Å². The van der Waals surface area contributed by atoms with Crippen LogP contribution in [0.5, 0.6) is 11.5 Å². The van der Waals surface area contributed by atoms with Crippen molar-refractivity contribution in [3.05, 3.63) is 48.0 Å². The van der Waals surface area contributed by atoms with Crippen LogP contribution in [-0.4, -0.2) is 65.2 Å². The molecule has 1 fully saturated rings. The van der Waals surface area contributed by atoms with E-state index in [1.54, 1.807) is 36.4 Å². The minimum atomic E-state index is -3.81. The van der Waals surface area contributed by atoms with E-state index in [2.05, 4.69) is 6.07 Å². The van der Waals surface area contributed by atoms with Crippen molar-refractivity contribution in [2.45, 2.75) is 24.7 Å². The zero-order valence-corrected chi connectivity index (χ0v) is 20.2. The van der Waals surface area contributed by atoms with Gasteiger partial charge >= 0.3 is 0 Å². The van der Waals surface area contributed by atoms with Crippen LogP contribution < -0.4 is 14.4 Å². The Kier molecular flexibility index (Phi) is 8.87. The quantitative estimate of drug-likeness (QED) is 0.507. The topological polar surface area (TPSA) is 109 Å². The number of methoxy groups -OCH3 is 1. The van der Waals surface area contributed by atoms with Crippen LogP contribution in [-0.2, 0) is 26.0 Å². The van der Waals surface area contributed by atoms with E-state index < -0.39 is 10.0 Å². The summed E-state index contributed by atoms with van der Waals surface area (Å²) in [6.07, 6.45) is 0.131. The van der Waals surface area contributed by atoms with Crippen molar-refractivity contribution in [1.29, 1.82) is 5.26 Å². The summed E-state index contributed by atoms with van der Waals surface area (Å²) in [4.78, 5) is 14.8. The summed E-state index contributed by atoms with van der Waals surface area (Å²) in [5, 5.41) is 9.05. The Bertz CT molecular complexity index is 1120. The zero-order valence-electron chi connectivity index (χ0n) is 19.4. The maximum Gasteiger partial charge on any atom is 0.246 e. The highest BCUT2D eigenvalue weighted by Crippen LogP contribution is 2.29. The molecular weight excluding hydrogens is 458 g/mol. The molecule has 0 aliphatic carbocycles. The Balaban J connectivity index is 1.86. The van der Waals surface area contributed by atoms with Crippen molar-refractivity contribution in [2.24, 2.45) is 0 Å². The first-order valence-electron chi connectivity index (χ1n) is 11.1. The van der Waals surface area contributed by atoms with E-state index in [0.717, 1.165) is 0 Å². The van der Waals surface area contributed by atoms with Crippen molar-refractivity contribution < 1.29 is 27.4 Å². The minimum absolute atomic E-state index is 0.0202. The Hall–Kier alpha value is -3.13. The molecule has 3 rings (SSSR count). The number of nitriles is 1. The molecule has 1 aliphatic heterocycles. The highest BCUT2D eigenvalue weighted by atomic mass is 32.2. The van der Waals surface area contributed by atoms with E-state index >= 15 is 0 Å². The molecule has 0 spiro atoms. The number of morpholine rings is 1. The lowest BCUT2D eigenvalue weighted by Gasteiger charge is -2.27. The lowest BCUT2D eigenvalue weighted by Crippen LogP contribution is -2.40. The second-order valence-corrected chi connectivity index (χ2v) is 9.47. The molecule has 0 aromatic heterocycles. The lowest BCUT2D eigenvalue weighted by molar-refractivity contribution is -0.118. The van der Waals surface area contributed by atoms with Crippen molar-refractivity contribution in [2.75, 3.05) is 51.5 Å². The van der Waals surface area contributed by atoms with E-state index in [9.17, 15) is 13.2 Å². The Morgan fingerprint density at radius 1 is 1.18 bits per heavy atom. The van der Waals surface area contributed by atoms with Crippen LogP contribution >= 0.6 is 0 Å². The molecule has 1 aliphatic rings. The SMILES string of the molecule is CCOc1ccc(N(CCC#N)C(=O)Cc2ccc(OC)c(S(=O)(=O)N3CCOCC3)c2)cc1.